The zero-order valence-electron chi connectivity index (χ0n) is 12.8. The number of nitrogens with zero attached hydrogens (tertiary/aromatic N) is 3. The van der Waals surface area contributed by atoms with Gasteiger partial charge in [0, 0.05) is 17.3 Å². The van der Waals surface area contributed by atoms with Crippen molar-refractivity contribution >= 4 is 27.9 Å². The van der Waals surface area contributed by atoms with Gasteiger partial charge < -0.3 is 10.3 Å². The van der Waals surface area contributed by atoms with Crippen LogP contribution in [0.5, 0.6) is 0 Å². The van der Waals surface area contributed by atoms with E-state index < -0.39 is 11.1 Å². The highest BCUT2D eigenvalue weighted by Crippen LogP contribution is 2.31. The van der Waals surface area contributed by atoms with Crippen LogP contribution >= 0.6 is 0 Å². The summed E-state index contributed by atoms with van der Waals surface area (Å²) < 4.78 is 24.9. The predicted molar refractivity (Wildman–Crippen MR) is 93.9 cm³/mol. The standard InChI is InChI=1S/C17H12N4O3S/c18-17-14(11-3-6-15-16(8-11)21-24-20-15)7-12(9-19-17)10-1-4-13(5-2-10)25(22)23/h1-9H,(H2,18,19)(H,22,23). The van der Waals surface area contributed by atoms with Gasteiger partial charge in [-0.2, -0.15) is 0 Å². The van der Waals surface area contributed by atoms with E-state index in [2.05, 4.69) is 15.3 Å². The summed E-state index contributed by atoms with van der Waals surface area (Å²) in [6, 6.07) is 14.2. The van der Waals surface area contributed by atoms with Gasteiger partial charge in [-0.05, 0) is 51.8 Å². The number of nitrogen functional groups attached to an aromatic ring is 1. The molecule has 2 aromatic heterocycles. The Hall–Kier alpha value is -3.10. The molecule has 0 radical (unpaired) electrons. The second-order valence-corrected chi connectivity index (χ2v) is 6.37. The number of nitrogens with two attached hydrogens (primary N) is 1. The Balaban J connectivity index is 1.78. The van der Waals surface area contributed by atoms with Gasteiger partial charge in [0.05, 0.1) is 4.90 Å². The normalized spacial score (nSPS) is 12.4. The Bertz CT molecular complexity index is 1090. The molecule has 0 bridgehead atoms. The molecule has 0 saturated heterocycles. The van der Waals surface area contributed by atoms with Crippen molar-refractivity contribution < 1.29 is 13.4 Å². The summed E-state index contributed by atoms with van der Waals surface area (Å²) in [6.45, 7) is 0. The molecule has 1 unspecified atom stereocenters. The third-order valence-electron chi connectivity index (χ3n) is 3.87. The van der Waals surface area contributed by atoms with E-state index in [1.807, 2.05) is 18.2 Å². The van der Waals surface area contributed by atoms with E-state index in [9.17, 15) is 4.21 Å². The van der Waals surface area contributed by atoms with Gasteiger partial charge >= 0.3 is 0 Å². The molecular weight excluding hydrogens is 340 g/mol. The first kappa shape index (κ1) is 15.4. The summed E-state index contributed by atoms with van der Waals surface area (Å²) in [5.74, 6) is 0.396. The van der Waals surface area contributed by atoms with Gasteiger partial charge in [0.25, 0.3) is 0 Å². The fourth-order valence-electron chi connectivity index (χ4n) is 2.58. The number of benzene rings is 2. The van der Waals surface area contributed by atoms with E-state index >= 15 is 0 Å². The molecule has 2 aromatic carbocycles. The van der Waals surface area contributed by atoms with Crippen molar-refractivity contribution in [3.8, 4) is 22.3 Å². The maximum atomic E-state index is 11.1. The van der Waals surface area contributed by atoms with Crippen molar-refractivity contribution in [3.05, 3.63) is 54.7 Å². The molecule has 0 spiro atoms. The van der Waals surface area contributed by atoms with Crippen LogP contribution in [-0.2, 0) is 11.1 Å². The SMILES string of the molecule is Nc1ncc(-c2ccc(S(=O)O)cc2)cc1-c1ccc2nonc2c1. The molecule has 124 valence electrons. The third kappa shape index (κ3) is 2.88. The fraction of sp³-hybridized carbons (Fsp3) is 0. The molecule has 0 aliphatic rings. The number of hydrogen-bond acceptors (Lipinski definition) is 6. The first-order chi connectivity index (χ1) is 12.1. The van der Waals surface area contributed by atoms with E-state index in [1.54, 1.807) is 36.5 Å². The van der Waals surface area contributed by atoms with Crippen LogP contribution < -0.4 is 5.73 Å². The van der Waals surface area contributed by atoms with Gasteiger partial charge in [0.15, 0.2) is 11.1 Å². The second-order valence-electron chi connectivity index (χ2n) is 5.40. The van der Waals surface area contributed by atoms with Crippen LogP contribution in [0.4, 0.5) is 5.82 Å². The molecular formula is C17H12N4O3S. The number of anilines is 1. The number of fused-ring (bicyclic) bond motifs is 1. The maximum absolute atomic E-state index is 11.1. The predicted octanol–water partition coefficient (Wildman–Crippen LogP) is 3.11. The minimum absolute atomic E-state index is 0.344. The number of hydrogen-bond donors (Lipinski definition) is 2. The van der Waals surface area contributed by atoms with Crippen LogP contribution in [0, 0.1) is 0 Å². The first-order valence-electron chi connectivity index (χ1n) is 7.31. The fourth-order valence-corrected chi connectivity index (χ4v) is 2.95. The maximum Gasteiger partial charge on any atom is 0.186 e. The molecule has 0 aliphatic carbocycles. The Labute approximate surface area is 144 Å². The molecule has 1 atom stereocenters. The second kappa shape index (κ2) is 6.08. The largest absolute Gasteiger partial charge is 0.383 e. The van der Waals surface area contributed by atoms with Crippen molar-refractivity contribution in [1.29, 1.82) is 0 Å². The van der Waals surface area contributed by atoms with Crippen molar-refractivity contribution in [2.24, 2.45) is 0 Å². The van der Waals surface area contributed by atoms with Crippen molar-refractivity contribution in [3.63, 3.8) is 0 Å². The average Bonchev–Trinajstić information content (AvgIpc) is 3.10. The van der Waals surface area contributed by atoms with Crippen LogP contribution in [0.15, 0.2) is 64.3 Å². The van der Waals surface area contributed by atoms with Gasteiger partial charge in [-0.1, -0.05) is 18.2 Å². The molecule has 0 aliphatic heterocycles. The molecule has 4 rings (SSSR count). The molecule has 4 aromatic rings. The zero-order valence-corrected chi connectivity index (χ0v) is 13.6. The molecule has 25 heavy (non-hydrogen) atoms. The lowest BCUT2D eigenvalue weighted by molar-refractivity contribution is 0.315. The van der Waals surface area contributed by atoms with E-state index in [0.717, 1.165) is 22.3 Å². The van der Waals surface area contributed by atoms with E-state index in [-0.39, 0.29) is 0 Å². The lowest BCUT2D eigenvalue weighted by Gasteiger charge is -2.09. The van der Waals surface area contributed by atoms with Gasteiger partial charge in [-0.25, -0.2) is 13.8 Å². The van der Waals surface area contributed by atoms with E-state index in [1.165, 1.54) is 0 Å². The summed E-state index contributed by atoms with van der Waals surface area (Å²) >= 11 is -2.00. The van der Waals surface area contributed by atoms with Crippen LogP contribution in [0.3, 0.4) is 0 Å². The number of pyridine rings is 1. The highest BCUT2D eigenvalue weighted by atomic mass is 32.2. The number of rotatable bonds is 3. The summed E-state index contributed by atoms with van der Waals surface area (Å²) in [5, 5.41) is 7.63. The minimum atomic E-state index is -2.00. The van der Waals surface area contributed by atoms with Crippen molar-refractivity contribution in [1.82, 2.24) is 15.3 Å². The molecule has 8 heteroatoms. The van der Waals surface area contributed by atoms with Gasteiger partial charge in [-0.15, -0.1) is 0 Å². The first-order valence-corrected chi connectivity index (χ1v) is 8.42. The topological polar surface area (TPSA) is 115 Å². The van der Waals surface area contributed by atoms with Gasteiger partial charge in [0.2, 0.25) is 0 Å². The molecule has 2 heterocycles. The van der Waals surface area contributed by atoms with Crippen LogP contribution in [-0.4, -0.2) is 24.1 Å². The van der Waals surface area contributed by atoms with Crippen molar-refractivity contribution in [2.75, 3.05) is 5.73 Å². The van der Waals surface area contributed by atoms with Crippen LogP contribution in [0.1, 0.15) is 0 Å². The molecule has 0 saturated carbocycles. The summed E-state index contributed by atoms with van der Waals surface area (Å²) in [7, 11) is 0. The lowest BCUT2D eigenvalue weighted by Crippen LogP contribution is -1.95. The van der Waals surface area contributed by atoms with Crippen molar-refractivity contribution in [2.45, 2.75) is 4.90 Å². The Morgan fingerprint density at radius 3 is 2.40 bits per heavy atom. The third-order valence-corrected chi connectivity index (χ3v) is 4.55. The molecule has 3 N–H and O–H groups in total. The quantitative estimate of drug-likeness (QED) is 0.544. The average molecular weight is 352 g/mol. The molecule has 0 amide bonds. The molecule has 7 nitrogen and oxygen atoms in total. The Morgan fingerprint density at radius 2 is 1.64 bits per heavy atom. The van der Waals surface area contributed by atoms with Crippen LogP contribution in [0.25, 0.3) is 33.3 Å². The van der Waals surface area contributed by atoms with Crippen LogP contribution in [0.2, 0.25) is 0 Å². The van der Waals surface area contributed by atoms with E-state index in [0.29, 0.717) is 21.7 Å². The number of aromatic nitrogens is 3. The van der Waals surface area contributed by atoms with E-state index in [4.69, 9.17) is 14.9 Å². The lowest BCUT2D eigenvalue weighted by atomic mass is 10.0. The van der Waals surface area contributed by atoms with Gasteiger partial charge in [0.1, 0.15) is 16.9 Å². The minimum Gasteiger partial charge on any atom is -0.383 e. The summed E-state index contributed by atoms with van der Waals surface area (Å²) in [5.41, 5.74) is 10.7. The molecule has 0 fully saturated rings. The highest BCUT2D eigenvalue weighted by molar-refractivity contribution is 7.79. The smallest absolute Gasteiger partial charge is 0.186 e. The Morgan fingerprint density at radius 1 is 0.920 bits per heavy atom. The zero-order chi connectivity index (χ0) is 17.4. The highest BCUT2D eigenvalue weighted by Gasteiger charge is 2.10. The summed E-state index contributed by atoms with van der Waals surface area (Å²) in [4.78, 5) is 4.61. The summed E-state index contributed by atoms with van der Waals surface area (Å²) in [6.07, 6.45) is 1.67. The Kier molecular flexibility index (Phi) is 3.75. The van der Waals surface area contributed by atoms with Gasteiger partial charge in [-0.3, -0.25) is 0 Å². The monoisotopic (exact) mass is 352 g/mol.